The molecule has 2 saturated heterocycles. The molecule has 330 valence electrons. The molecule has 2 bridgehead atoms. The summed E-state index contributed by atoms with van der Waals surface area (Å²) in [5, 5.41) is 33.7. The summed E-state index contributed by atoms with van der Waals surface area (Å²) in [6, 6.07) is -1.10. The number of hydrogen-bond acceptors (Lipinski definition) is 12. The average Bonchev–Trinajstić information content (AvgIpc) is 3.20. The van der Waals surface area contributed by atoms with Gasteiger partial charge in [-0.3, -0.25) is 14.4 Å². The van der Waals surface area contributed by atoms with Crippen molar-refractivity contribution in [1.29, 1.82) is 0 Å². The van der Waals surface area contributed by atoms with Crippen molar-refractivity contribution in [1.82, 2.24) is 4.90 Å². The van der Waals surface area contributed by atoms with Crippen molar-refractivity contribution in [2.24, 2.45) is 35.5 Å². The molecule has 4 rings (SSSR count). The highest BCUT2D eigenvalue weighted by molar-refractivity contribution is 6.39. The van der Waals surface area contributed by atoms with E-state index in [1.54, 1.807) is 21.0 Å². The van der Waals surface area contributed by atoms with Gasteiger partial charge < -0.3 is 43.9 Å². The Hall–Kier alpha value is -2.52. The fraction of sp³-hybridized carbons (Fsp3) is 0.822. The Morgan fingerprint density at radius 3 is 2.24 bits per heavy atom. The standard InChI is InChI=1S/C45H73NO12/c1-11-32-19-25(2)18-26(3)20-37(55-9)41-38(56-10)23-29(6)45(53,58-41)42(50)43(51)46-17-13-12-14-34(46)44(52)57-40(28(5)22-33(30(7)47)39(32)49)27(4)21-31-15-16-35(48)36(24-31)54-8/h19,21,26,28-38,40-41,47-48,53H,11-18,20,22-24H2,1-10H3/b25-19+,27-21+/t26-,28+,29+,30?,31-,32+,33?,34-,35+,36+,37-,38-,40+,41+,45+/m0/s1. The molecule has 58 heavy (non-hydrogen) atoms. The number of aliphatic hydroxyl groups is 3. The van der Waals surface area contributed by atoms with Crippen LogP contribution in [-0.2, 0) is 42.9 Å². The lowest BCUT2D eigenvalue weighted by Crippen LogP contribution is -2.64. The van der Waals surface area contributed by atoms with Gasteiger partial charge in [0.2, 0.25) is 5.79 Å². The van der Waals surface area contributed by atoms with Crippen molar-refractivity contribution < 1.29 is 58.2 Å². The van der Waals surface area contributed by atoms with Gasteiger partial charge in [-0.15, -0.1) is 0 Å². The molecule has 0 spiro atoms. The molecule has 4 aliphatic rings. The van der Waals surface area contributed by atoms with Gasteiger partial charge in [0.25, 0.3) is 11.7 Å². The Labute approximate surface area is 346 Å². The summed E-state index contributed by atoms with van der Waals surface area (Å²) < 4.78 is 30.0. The van der Waals surface area contributed by atoms with E-state index >= 15 is 0 Å². The fourth-order valence-electron chi connectivity index (χ4n) is 10.0. The summed E-state index contributed by atoms with van der Waals surface area (Å²) in [7, 11) is 4.65. The van der Waals surface area contributed by atoms with Gasteiger partial charge in [-0.25, -0.2) is 4.79 Å². The van der Waals surface area contributed by atoms with Crippen molar-refractivity contribution in [2.75, 3.05) is 27.9 Å². The summed E-state index contributed by atoms with van der Waals surface area (Å²) in [5.41, 5.74) is 1.75. The van der Waals surface area contributed by atoms with E-state index in [9.17, 15) is 34.5 Å². The van der Waals surface area contributed by atoms with Crippen LogP contribution >= 0.6 is 0 Å². The quantitative estimate of drug-likeness (QED) is 0.176. The van der Waals surface area contributed by atoms with Crippen LogP contribution in [0, 0.1) is 35.5 Å². The van der Waals surface area contributed by atoms with Crippen LogP contribution in [0.5, 0.6) is 0 Å². The largest absolute Gasteiger partial charge is 0.456 e. The lowest BCUT2D eigenvalue weighted by Gasteiger charge is -2.47. The highest BCUT2D eigenvalue weighted by Gasteiger charge is 2.56. The molecule has 3 fully saturated rings. The van der Waals surface area contributed by atoms with E-state index < -0.39 is 89.8 Å². The van der Waals surface area contributed by atoms with Crippen LogP contribution in [0.2, 0.25) is 0 Å². The number of Topliss-reactive ketones (excluding diaryl/α,β-unsaturated/α-hetero) is 2. The van der Waals surface area contributed by atoms with Crippen molar-refractivity contribution >= 4 is 23.4 Å². The Kier molecular flexibility index (Phi) is 17.7. The minimum absolute atomic E-state index is 0.0285. The zero-order valence-electron chi connectivity index (χ0n) is 36.7. The maximum Gasteiger partial charge on any atom is 0.329 e. The minimum atomic E-state index is -2.49. The second kappa shape index (κ2) is 21.3. The van der Waals surface area contributed by atoms with Crippen molar-refractivity contribution in [2.45, 2.75) is 174 Å². The number of fused-ring (bicyclic) bond motifs is 3. The summed E-state index contributed by atoms with van der Waals surface area (Å²) in [6.07, 6.45) is 4.62. The summed E-state index contributed by atoms with van der Waals surface area (Å²) in [4.78, 5) is 58.5. The first-order valence-electron chi connectivity index (χ1n) is 21.7. The van der Waals surface area contributed by atoms with Gasteiger partial charge in [0, 0.05) is 45.6 Å². The van der Waals surface area contributed by atoms with E-state index in [1.165, 1.54) is 19.1 Å². The molecule has 0 aromatic carbocycles. The molecule has 3 N–H and O–H groups in total. The first kappa shape index (κ1) is 48.1. The number of methoxy groups -OCH3 is 3. The van der Waals surface area contributed by atoms with E-state index in [-0.39, 0.29) is 49.5 Å². The number of cyclic esters (lactones) is 1. The number of carbonyl (C=O) groups is 4. The predicted molar refractivity (Wildman–Crippen MR) is 217 cm³/mol. The second-order valence-electron chi connectivity index (χ2n) is 18.0. The summed E-state index contributed by atoms with van der Waals surface area (Å²) in [6.45, 7) is 13.2. The van der Waals surface area contributed by atoms with Gasteiger partial charge in [-0.05, 0) is 115 Å². The summed E-state index contributed by atoms with van der Waals surface area (Å²) >= 11 is 0. The Morgan fingerprint density at radius 1 is 0.966 bits per heavy atom. The van der Waals surface area contributed by atoms with Crippen LogP contribution in [0.15, 0.2) is 23.3 Å². The summed E-state index contributed by atoms with van der Waals surface area (Å²) in [5.74, 6) is -7.83. The smallest absolute Gasteiger partial charge is 0.329 e. The number of nitrogens with zero attached hydrogens (tertiary/aromatic N) is 1. The molecule has 2 unspecified atom stereocenters. The predicted octanol–water partition coefficient (Wildman–Crippen LogP) is 5.11. The van der Waals surface area contributed by atoms with Crippen molar-refractivity contribution in [3.8, 4) is 0 Å². The third-order valence-electron chi connectivity index (χ3n) is 13.4. The van der Waals surface area contributed by atoms with Gasteiger partial charge in [0.05, 0.1) is 30.5 Å². The first-order chi connectivity index (χ1) is 27.4. The van der Waals surface area contributed by atoms with Gasteiger partial charge >= 0.3 is 5.97 Å². The number of piperidine rings is 1. The van der Waals surface area contributed by atoms with Crippen molar-refractivity contribution in [3.63, 3.8) is 0 Å². The number of amides is 1. The number of hydrogen-bond donors (Lipinski definition) is 3. The molecular weight excluding hydrogens is 746 g/mol. The number of carbonyl (C=O) groups excluding carboxylic acids is 4. The SMILES string of the molecule is CC[C@@H]1/C=C(\C)C[C@H](C)C[C@H](OC)[C@H]2O[C@@](O)(C(=O)C(=O)N3CCCC[C@H]3C(=O)O[C@H](/C(C)=C/[C@@H]3CC[C@@H](O)[C@H](OC)C3)[C@H](C)CC(C(C)O)C1=O)[C@H](C)C[C@@H]2OC. The normalized spacial score (nSPS) is 41.1. The van der Waals surface area contributed by atoms with Gasteiger partial charge in [-0.2, -0.15) is 0 Å². The third kappa shape index (κ3) is 11.2. The molecule has 3 heterocycles. The molecule has 0 aromatic rings. The molecule has 3 aliphatic heterocycles. The van der Waals surface area contributed by atoms with Gasteiger partial charge in [0.15, 0.2) is 0 Å². The molecule has 15 atom stereocenters. The lowest BCUT2D eigenvalue weighted by molar-refractivity contribution is -0.302. The van der Waals surface area contributed by atoms with Crippen LogP contribution in [0.25, 0.3) is 0 Å². The lowest BCUT2D eigenvalue weighted by atomic mass is 9.78. The van der Waals surface area contributed by atoms with E-state index in [0.29, 0.717) is 51.4 Å². The average molecular weight is 820 g/mol. The third-order valence-corrected chi connectivity index (χ3v) is 13.4. The Bertz CT molecular complexity index is 1480. The number of aliphatic hydroxyl groups excluding tert-OH is 2. The number of ether oxygens (including phenoxy) is 5. The van der Waals surface area contributed by atoms with E-state index in [4.69, 9.17) is 23.7 Å². The zero-order valence-corrected chi connectivity index (χ0v) is 36.7. The zero-order chi connectivity index (χ0) is 43.1. The number of allylic oxidation sites excluding steroid dienone is 3. The maximum absolute atomic E-state index is 14.4. The fourth-order valence-corrected chi connectivity index (χ4v) is 10.0. The molecule has 1 aliphatic carbocycles. The van der Waals surface area contributed by atoms with Crippen LogP contribution in [0.3, 0.4) is 0 Å². The van der Waals surface area contributed by atoms with Crippen LogP contribution < -0.4 is 0 Å². The molecule has 1 saturated carbocycles. The van der Waals surface area contributed by atoms with Crippen LogP contribution in [-0.4, -0.2) is 126 Å². The van der Waals surface area contributed by atoms with E-state index in [1.807, 2.05) is 33.8 Å². The Balaban J connectivity index is 1.80. The monoisotopic (exact) mass is 820 g/mol. The van der Waals surface area contributed by atoms with E-state index in [0.717, 1.165) is 11.1 Å². The molecule has 13 heteroatoms. The number of ketones is 2. The second-order valence-corrected chi connectivity index (χ2v) is 18.0. The highest BCUT2D eigenvalue weighted by Crippen LogP contribution is 2.39. The molecule has 0 aromatic heterocycles. The first-order valence-corrected chi connectivity index (χ1v) is 21.7. The van der Waals surface area contributed by atoms with Gasteiger partial charge in [-0.1, -0.05) is 45.4 Å². The Morgan fingerprint density at radius 2 is 1.62 bits per heavy atom. The number of esters is 1. The van der Waals surface area contributed by atoms with Crippen LogP contribution in [0.4, 0.5) is 0 Å². The minimum Gasteiger partial charge on any atom is -0.456 e. The number of rotatable bonds is 7. The molecular formula is C45H73NO12. The van der Waals surface area contributed by atoms with Crippen LogP contribution in [0.1, 0.15) is 119 Å². The highest BCUT2D eigenvalue weighted by atomic mass is 16.7. The van der Waals surface area contributed by atoms with E-state index in [2.05, 4.69) is 13.0 Å². The molecule has 0 radical (unpaired) electrons. The van der Waals surface area contributed by atoms with Gasteiger partial charge in [0.1, 0.15) is 24.0 Å². The molecule has 13 nitrogen and oxygen atoms in total. The topological polar surface area (TPSA) is 178 Å². The molecule has 1 amide bonds. The van der Waals surface area contributed by atoms with Crippen molar-refractivity contribution in [3.05, 3.63) is 23.3 Å². The maximum atomic E-state index is 14.4.